The van der Waals surface area contributed by atoms with Gasteiger partial charge in [0.1, 0.15) is 0 Å². The lowest BCUT2D eigenvalue weighted by Gasteiger charge is -2.38. The van der Waals surface area contributed by atoms with Gasteiger partial charge in [0.2, 0.25) is 0 Å². The molecule has 2 fully saturated rings. The van der Waals surface area contributed by atoms with Gasteiger partial charge in [-0.15, -0.1) is 0 Å². The lowest BCUT2D eigenvalue weighted by Crippen LogP contribution is -2.51. The maximum Gasteiger partial charge on any atom is 0.0235 e. The van der Waals surface area contributed by atoms with Crippen molar-refractivity contribution in [1.29, 1.82) is 0 Å². The lowest BCUT2D eigenvalue weighted by molar-refractivity contribution is 0.103. The molecule has 0 spiro atoms. The zero-order chi connectivity index (χ0) is 11.5. The Labute approximate surface area is 100.0 Å². The van der Waals surface area contributed by atoms with Gasteiger partial charge in [-0.1, -0.05) is 12.8 Å². The quantitative estimate of drug-likeness (QED) is 0.761. The van der Waals surface area contributed by atoms with Gasteiger partial charge in [0, 0.05) is 31.7 Å². The standard InChI is InChI=1S/C13H27N3/c1-15-7-8-16(2)13(10-15)9-12(14)6-5-11-3-4-11/h11-13H,3-10,14H2,1-2H3. The van der Waals surface area contributed by atoms with Crippen molar-refractivity contribution in [2.75, 3.05) is 33.7 Å². The molecule has 1 aliphatic heterocycles. The van der Waals surface area contributed by atoms with Crippen LogP contribution in [-0.4, -0.2) is 55.6 Å². The minimum atomic E-state index is 0.416. The van der Waals surface area contributed by atoms with Gasteiger partial charge in [-0.2, -0.15) is 0 Å². The Bertz CT molecular complexity index is 215. The first-order valence-corrected chi connectivity index (χ1v) is 6.79. The third kappa shape index (κ3) is 3.72. The van der Waals surface area contributed by atoms with Gasteiger partial charge in [-0.05, 0) is 39.3 Å². The molecule has 1 aliphatic carbocycles. The molecule has 0 aromatic rings. The average Bonchev–Trinajstić information content (AvgIpc) is 3.04. The van der Waals surface area contributed by atoms with Crippen LogP contribution in [0.1, 0.15) is 32.1 Å². The minimum Gasteiger partial charge on any atom is -0.328 e. The van der Waals surface area contributed by atoms with Crippen LogP contribution in [0.3, 0.4) is 0 Å². The van der Waals surface area contributed by atoms with Gasteiger partial charge in [-0.3, -0.25) is 0 Å². The van der Waals surface area contributed by atoms with Crippen LogP contribution in [-0.2, 0) is 0 Å². The third-order valence-electron chi connectivity index (χ3n) is 4.20. The monoisotopic (exact) mass is 225 g/mol. The fourth-order valence-corrected chi connectivity index (χ4v) is 2.68. The van der Waals surface area contributed by atoms with Crippen LogP contribution in [0.25, 0.3) is 0 Å². The van der Waals surface area contributed by atoms with Crippen LogP contribution in [0.4, 0.5) is 0 Å². The molecule has 3 heteroatoms. The molecule has 1 saturated heterocycles. The van der Waals surface area contributed by atoms with Crippen molar-refractivity contribution in [2.24, 2.45) is 11.7 Å². The molecule has 2 atom stereocenters. The summed E-state index contributed by atoms with van der Waals surface area (Å²) in [6, 6.07) is 1.09. The largest absolute Gasteiger partial charge is 0.328 e. The van der Waals surface area contributed by atoms with Crippen molar-refractivity contribution >= 4 is 0 Å². The van der Waals surface area contributed by atoms with Crippen molar-refractivity contribution in [3.8, 4) is 0 Å². The molecule has 2 N–H and O–H groups in total. The molecule has 0 aromatic carbocycles. The molecule has 2 aliphatic rings. The van der Waals surface area contributed by atoms with E-state index in [1.54, 1.807) is 0 Å². The van der Waals surface area contributed by atoms with E-state index in [9.17, 15) is 0 Å². The van der Waals surface area contributed by atoms with Crippen molar-refractivity contribution in [2.45, 2.75) is 44.2 Å². The van der Waals surface area contributed by atoms with E-state index in [-0.39, 0.29) is 0 Å². The second-order valence-corrected chi connectivity index (χ2v) is 5.91. The van der Waals surface area contributed by atoms with Gasteiger partial charge in [0.25, 0.3) is 0 Å². The second-order valence-electron chi connectivity index (χ2n) is 5.91. The molecule has 0 radical (unpaired) electrons. The van der Waals surface area contributed by atoms with Crippen molar-refractivity contribution < 1.29 is 0 Å². The molecule has 2 rings (SSSR count). The summed E-state index contributed by atoms with van der Waals surface area (Å²) >= 11 is 0. The first-order chi connectivity index (χ1) is 7.65. The first kappa shape index (κ1) is 12.3. The van der Waals surface area contributed by atoms with E-state index < -0.39 is 0 Å². The van der Waals surface area contributed by atoms with E-state index in [0.29, 0.717) is 12.1 Å². The zero-order valence-corrected chi connectivity index (χ0v) is 10.9. The summed E-state index contributed by atoms with van der Waals surface area (Å²) in [5.74, 6) is 1.03. The van der Waals surface area contributed by atoms with E-state index in [2.05, 4.69) is 23.9 Å². The Hall–Kier alpha value is -0.120. The zero-order valence-electron chi connectivity index (χ0n) is 10.9. The number of nitrogens with zero attached hydrogens (tertiary/aromatic N) is 2. The summed E-state index contributed by atoms with van der Waals surface area (Å²) in [6.07, 6.45) is 6.69. The Balaban J connectivity index is 1.68. The van der Waals surface area contributed by atoms with Crippen LogP contribution in [0.2, 0.25) is 0 Å². The topological polar surface area (TPSA) is 32.5 Å². The summed E-state index contributed by atoms with van der Waals surface area (Å²) < 4.78 is 0. The molecule has 0 bridgehead atoms. The maximum atomic E-state index is 6.24. The predicted octanol–water partition coefficient (Wildman–Crippen LogP) is 1.14. The molecule has 3 nitrogen and oxygen atoms in total. The molecule has 2 unspecified atom stereocenters. The summed E-state index contributed by atoms with van der Waals surface area (Å²) in [7, 11) is 4.46. The minimum absolute atomic E-state index is 0.416. The smallest absolute Gasteiger partial charge is 0.0235 e. The number of hydrogen-bond acceptors (Lipinski definition) is 3. The lowest BCUT2D eigenvalue weighted by atomic mass is 9.99. The van der Waals surface area contributed by atoms with Crippen molar-refractivity contribution in [1.82, 2.24) is 9.80 Å². The Morgan fingerprint density at radius 1 is 1.25 bits per heavy atom. The molecule has 1 heterocycles. The molecule has 0 aromatic heterocycles. The highest BCUT2D eigenvalue weighted by Gasteiger charge is 2.26. The second kappa shape index (κ2) is 5.48. The Morgan fingerprint density at radius 2 is 2.00 bits per heavy atom. The highest BCUT2D eigenvalue weighted by Crippen LogP contribution is 2.34. The Kier molecular flexibility index (Phi) is 4.22. The average molecular weight is 225 g/mol. The van der Waals surface area contributed by atoms with Gasteiger partial charge >= 0.3 is 0 Å². The van der Waals surface area contributed by atoms with Gasteiger partial charge < -0.3 is 15.5 Å². The highest BCUT2D eigenvalue weighted by atomic mass is 15.3. The molecule has 1 saturated carbocycles. The summed E-state index contributed by atoms with van der Waals surface area (Å²) in [5.41, 5.74) is 6.24. The fourth-order valence-electron chi connectivity index (χ4n) is 2.68. The fraction of sp³-hybridized carbons (Fsp3) is 1.00. The van der Waals surface area contributed by atoms with Crippen molar-refractivity contribution in [3.63, 3.8) is 0 Å². The first-order valence-electron chi connectivity index (χ1n) is 6.79. The van der Waals surface area contributed by atoms with Crippen LogP contribution < -0.4 is 5.73 Å². The number of nitrogens with two attached hydrogens (primary N) is 1. The van der Waals surface area contributed by atoms with Crippen LogP contribution in [0.5, 0.6) is 0 Å². The van der Waals surface area contributed by atoms with E-state index in [1.807, 2.05) is 0 Å². The molecular formula is C13H27N3. The summed E-state index contributed by atoms with van der Waals surface area (Å²) in [4.78, 5) is 4.91. The van der Waals surface area contributed by atoms with E-state index in [4.69, 9.17) is 5.73 Å². The summed E-state index contributed by atoms with van der Waals surface area (Å²) in [6.45, 7) is 3.58. The molecular weight excluding hydrogens is 198 g/mol. The normalized spacial score (nSPS) is 30.6. The number of piperazine rings is 1. The molecule has 16 heavy (non-hydrogen) atoms. The van der Waals surface area contributed by atoms with Crippen LogP contribution in [0.15, 0.2) is 0 Å². The number of hydrogen-bond donors (Lipinski definition) is 1. The molecule has 0 amide bonds. The third-order valence-corrected chi connectivity index (χ3v) is 4.20. The number of likely N-dealkylation sites (N-methyl/N-ethyl adjacent to an activating group) is 2. The Morgan fingerprint density at radius 3 is 2.69 bits per heavy atom. The van der Waals surface area contributed by atoms with E-state index >= 15 is 0 Å². The number of rotatable bonds is 5. The van der Waals surface area contributed by atoms with Crippen LogP contribution in [0, 0.1) is 5.92 Å². The van der Waals surface area contributed by atoms with Gasteiger partial charge in [0.05, 0.1) is 0 Å². The predicted molar refractivity (Wildman–Crippen MR) is 68.5 cm³/mol. The van der Waals surface area contributed by atoms with E-state index in [1.165, 1.54) is 51.7 Å². The highest BCUT2D eigenvalue weighted by molar-refractivity contribution is 4.83. The van der Waals surface area contributed by atoms with Gasteiger partial charge in [0.15, 0.2) is 0 Å². The SMILES string of the molecule is CN1CCN(C)C(CC(N)CCC2CC2)C1. The van der Waals surface area contributed by atoms with Gasteiger partial charge in [-0.25, -0.2) is 0 Å². The van der Waals surface area contributed by atoms with E-state index in [0.717, 1.165) is 5.92 Å². The molecule has 94 valence electrons. The summed E-state index contributed by atoms with van der Waals surface area (Å²) in [5, 5.41) is 0. The maximum absolute atomic E-state index is 6.24. The van der Waals surface area contributed by atoms with Crippen molar-refractivity contribution in [3.05, 3.63) is 0 Å². The van der Waals surface area contributed by atoms with Crippen LogP contribution >= 0.6 is 0 Å².